The molecule has 3 rings (SSSR count). The van der Waals surface area contributed by atoms with E-state index in [1.54, 1.807) is 0 Å². The standard InChI is InChI=1S/C16H15ClN2O/c1-11-16(20)19(10-12-5-4-6-13(17)9-12)15-8-3-2-7-14(15)18-11/h2-9,11,18H,10H2,1H3. The summed E-state index contributed by atoms with van der Waals surface area (Å²) in [7, 11) is 0. The first-order chi connectivity index (χ1) is 9.65. The van der Waals surface area contributed by atoms with E-state index in [0.29, 0.717) is 11.6 Å². The topological polar surface area (TPSA) is 32.3 Å². The van der Waals surface area contributed by atoms with Gasteiger partial charge in [-0.25, -0.2) is 0 Å². The Kier molecular flexibility index (Phi) is 3.36. The van der Waals surface area contributed by atoms with E-state index in [-0.39, 0.29) is 11.9 Å². The third-order valence-corrected chi connectivity index (χ3v) is 3.67. The Labute approximate surface area is 123 Å². The zero-order chi connectivity index (χ0) is 14.1. The van der Waals surface area contributed by atoms with Crippen molar-refractivity contribution in [3.05, 3.63) is 59.1 Å². The van der Waals surface area contributed by atoms with Crippen LogP contribution in [0.25, 0.3) is 0 Å². The highest BCUT2D eigenvalue weighted by Crippen LogP contribution is 2.32. The average Bonchev–Trinajstić information content (AvgIpc) is 2.44. The van der Waals surface area contributed by atoms with E-state index in [2.05, 4.69) is 5.32 Å². The molecule has 1 aliphatic heterocycles. The maximum atomic E-state index is 12.4. The predicted octanol–water partition coefficient (Wildman–Crippen LogP) is 3.69. The number of carbonyl (C=O) groups is 1. The first-order valence-electron chi connectivity index (χ1n) is 6.56. The summed E-state index contributed by atoms with van der Waals surface area (Å²) in [6, 6.07) is 15.2. The zero-order valence-electron chi connectivity index (χ0n) is 11.1. The fourth-order valence-corrected chi connectivity index (χ4v) is 2.67. The van der Waals surface area contributed by atoms with Crippen LogP contribution in [0.3, 0.4) is 0 Å². The van der Waals surface area contributed by atoms with Gasteiger partial charge in [-0.15, -0.1) is 0 Å². The molecular weight excluding hydrogens is 272 g/mol. The summed E-state index contributed by atoms with van der Waals surface area (Å²) in [6.07, 6.45) is 0. The summed E-state index contributed by atoms with van der Waals surface area (Å²) >= 11 is 6.01. The fourth-order valence-electron chi connectivity index (χ4n) is 2.46. The van der Waals surface area contributed by atoms with Gasteiger partial charge in [-0.3, -0.25) is 4.79 Å². The molecule has 0 radical (unpaired) electrons. The molecule has 102 valence electrons. The van der Waals surface area contributed by atoms with Crippen molar-refractivity contribution < 1.29 is 4.79 Å². The molecule has 0 spiro atoms. The minimum atomic E-state index is -0.218. The van der Waals surface area contributed by atoms with Crippen molar-refractivity contribution in [3.63, 3.8) is 0 Å². The second kappa shape index (κ2) is 5.17. The lowest BCUT2D eigenvalue weighted by atomic mass is 10.1. The van der Waals surface area contributed by atoms with Gasteiger partial charge in [0.1, 0.15) is 6.04 Å². The molecule has 3 nitrogen and oxygen atoms in total. The molecule has 4 heteroatoms. The molecule has 1 aliphatic rings. The third-order valence-electron chi connectivity index (χ3n) is 3.43. The number of halogens is 1. The van der Waals surface area contributed by atoms with E-state index in [1.807, 2.05) is 60.4 Å². The molecule has 20 heavy (non-hydrogen) atoms. The quantitative estimate of drug-likeness (QED) is 0.913. The highest BCUT2D eigenvalue weighted by Gasteiger charge is 2.29. The van der Waals surface area contributed by atoms with Crippen molar-refractivity contribution in [2.75, 3.05) is 10.2 Å². The van der Waals surface area contributed by atoms with E-state index in [1.165, 1.54) is 0 Å². The van der Waals surface area contributed by atoms with Gasteiger partial charge in [0.25, 0.3) is 0 Å². The van der Waals surface area contributed by atoms with Crippen LogP contribution in [0, 0.1) is 0 Å². The Morgan fingerprint density at radius 2 is 2.00 bits per heavy atom. The van der Waals surface area contributed by atoms with Crippen molar-refractivity contribution >= 4 is 28.9 Å². The number of hydrogen-bond acceptors (Lipinski definition) is 2. The van der Waals surface area contributed by atoms with Crippen LogP contribution in [0.5, 0.6) is 0 Å². The minimum Gasteiger partial charge on any atom is -0.372 e. The second-order valence-electron chi connectivity index (χ2n) is 4.94. The van der Waals surface area contributed by atoms with Gasteiger partial charge >= 0.3 is 0 Å². The molecule has 1 amide bonds. The number of anilines is 2. The molecule has 0 aliphatic carbocycles. The van der Waals surface area contributed by atoms with Crippen molar-refractivity contribution in [2.24, 2.45) is 0 Å². The van der Waals surface area contributed by atoms with Gasteiger partial charge < -0.3 is 10.2 Å². The zero-order valence-corrected chi connectivity index (χ0v) is 11.9. The monoisotopic (exact) mass is 286 g/mol. The van der Waals surface area contributed by atoms with Crippen molar-refractivity contribution in [3.8, 4) is 0 Å². The molecule has 2 aromatic rings. The van der Waals surface area contributed by atoms with Crippen molar-refractivity contribution in [1.82, 2.24) is 0 Å². The highest BCUT2D eigenvalue weighted by molar-refractivity contribution is 6.30. The third kappa shape index (κ3) is 2.37. The molecule has 2 aromatic carbocycles. The first kappa shape index (κ1) is 13.0. The Morgan fingerprint density at radius 3 is 2.80 bits per heavy atom. The molecule has 0 fully saturated rings. The van der Waals surface area contributed by atoms with Crippen LogP contribution < -0.4 is 10.2 Å². The number of fused-ring (bicyclic) bond motifs is 1. The molecule has 0 aromatic heterocycles. The van der Waals surface area contributed by atoms with Crippen LogP contribution in [0.4, 0.5) is 11.4 Å². The van der Waals surface area contributed by atoms with E-state index in [9.17, 15) is 4.79 Å². The number of nitrogens with zero attached hydrogens (tertiary/aromatic N) is 1. The molecular formula is C16H15ClN2O. The SMILES string of the molecule is CC1Nc2ccccc2N(Cc2cccc(Cl)c2)C1=O. The number of carbonyl (C=O) groups excluding carboxylic acids is 1. The van der Waals surface area contributed by atoms with E-state index in [0.717, 1.165) is 16.9 Å². The molecule has 1 unspecified atom stereocenters. The van der Waals surface area contributed by atoms with Crippen LogP contribution in [-0.4, -0.2) is 11.9 Å². The van der Waals surface area contributed by atoms with Gasteiger partial charge in [-0.1, -0.05) is 35.9 Å². The van der Waals surface area contributed by atoms with E-state index >= 15 is 0 Å². The Balaban J connectivity index is 1.97. The first-order valence-corrected chi connectivity index (χ1v) is 6.94. The maximum Gasteiger partial charge on any atom is 0.249 e. The summed E-state index contributed by atoms with van der Waals surface area (Å²) in [4.78, 5) is 14.2. The number of para-hydroxylation sites is 2. The highest BCUT2D eigenvalue weighted by atomic mass is 35.5. The van der Waals surface area contributed by atoms with Crippen LogP contribution in [0.1, 0.15) is 12.5 Å². The van der Waals surface area contributed by atoms with Crippen LogP contribution >= 0.6 is 11.6 Å². The average molecular weight is 287 g/mol. The summed E-state index contributed by atoms with van der Waals surface area (Å²) < 4.78 is 0. The summed E-state index contributed by atoms with van der Waals surface area (Å²) in [5, 5.41) is 3.91. The molecule has 1 heterocycles. The number of amides is 1. The second-order valence-corrected chi connectivity index (χ2v) is 5.37. The normalized spacial score (nSPS) is 17.6. The molecule has 0 bridgehead atoms. The van der Waals surface area contributed by atoms with E-state index < -0.39 is 0 Å². The summed E-state index contributed by atoms with van der Waals surface area (Å²) in [5.41, 5.74) is 2.92. The number of hydrogen-bond donors (Lipinski definition) is 1. The van der Waals surface area contributed by atoms with Gasteiger partial charge in [-0.2, -0.15) is 0 Å². The molecule has 1 atom stereocenters. The number of benzene rings is 2. The van der Waals surface area contributed by atoms with Crippen LogP contribution in [0.2, 0.25) is 5.02 Å². The summed E-state index contributed by atoms with van der Waals surface area (Å²) in [5.74, 6) is 0.0728. The lowest BCUT2D eigenvalue weighted by Gasteiger charge is -2.34. The predicted molar refractivity (Wildman–Crippen MR) is 82.2 cm³/mol. The number of rotatable bonds is 2. The molecule has 0 saturated heterocycles. The maximum absolute atomic E-state index is 12.4. The minimum absolute atomic E-state index is 0.0728. The Morgan fingerprint density at radius 1 is 1.20 bits per heavy atom. The van der Waals surface area contributed by atoms with Crippen LogP contribution in [0.15, 0.2) is 48.5 Å². The van der Waals surface area contributed by atoms with Crippen molar-refractivity contribution in [1.29, 1.82) is 0 Å². The lowest BCUT2D eigenvalue weighted by Crippen LogP contribution is -2.45. The van der Waals surface area contributed by atoms with Gasteiger partial charge in [-0.05, 0) is 36.8 Å². The van der Waals surface area contributed by atoms with Crippen LogP contribution in [-0.2, 0) is 11.3 Å². The van der Waals surface area contributed by atoms with Gasteiger partial charge in [0, 0.05) is 5.02 Å². The molecule has 1 N–H and O–H groups in total. The largest absolute Gasteiger partial charge is 0.372 e. The smallest absolute Gasteiger partial charge is 0.249 e. The Hall–Kier alpha value is -2.00. The fraction of sp³-hybridized carbons (Fsp3) is 0.188. The Bertz CT molecular complexity index is 656. The summed E-state index contributed by atoms with van der Waals surface area (Å²) in [6.45, 7) is 2.41. The van der Waals surface area contributed by atoms with Gasteiger partial charge in [0.2, 0.25) is 5.91 Å². The van der Waals surface area contributed by atoms with Crippen molar-refractivity contribution in [2.45, 2.75) is 19.5 Å². The van der Waals surface area contributed by atoms with Gasteiger partial charge in [0.15, 0.2) is 0 Å². The van der Waals surface area contributed by atoms with E-state index in [4.69, 9.17) is 11.6 Å². The van der Waals surface area contributed by atoms with Gasteiger partial charge in [0.05, 0.1) is 17.9 Å². The lowest BCUT2D eigenvalue weighted by molar-refractivity contribution is -0.119. The molecule has 0 saturated carbocycles. The number of nitrogens with one attached hydrogen (secondary N) is 1.